The molecule has 128 valence electrons. The largest absolute Gasteiger partial charge is 0.332 e. The van der Waals surface area contributed by atoms with Crippen LogP contribution in [0, 0.1) is 0 Å². The summed E-state index contributed by atoms with van der Waals surface area (Å²) < 4.78 is 5.54. The topological polar surface area (TPSA) is 96.7 Å². The van der Waals surface area contributed by atoms with E-state index < -0.39 is 11.2 Å². The summed E-state index contributed by atoms with van der Waals surface area (Å²) in [5, 5.41) is 2.41. The molecule has 25 heavy (non-hydrogen) atoms. The molecule has 0 radical (unpaired) electrons. The molecule has 4 rings (SSSR count). The summed E-state index contributed by atoms with van der Waals surface area (Å²) >= 11 is 1.42. The SMILES string of the molecule is Cn1c(=O)c2c(ncn2CCn2cnc3sccc3c2=O)n(C)c1=O. The van der Waals surface area contributed by atoms with Crippen LogP contribution in [0.25, 0.3) is 21.4 Å². The summed E-state index contributed by atoms with van der Waals surface area (Å²) in [4.78, 5) is 45.9. The number of thiophene rings is 1. The van der Waals surface area contributed by atoms with Crippen LogP contribution in [-0.2, 0) is 27.2 Å². The number of fused-ring (bicyclic) bond motifs is 2. The van der Waals surface area contributed by atoms with E-state index in [2.05, 4.69) is 9.97 Å². The van der Waals surface area contributed by atoms with Crippen LogP contribution in [0.15, 0.2) is 38.5 Å². The Balaban J connectivity index is 1.76. The summed E-state index contributed by atoms with van der Waals surface area (Å²) in [6, 6.07) is 1.75. The maximum absolute atomic E-state index is 12.4. The van der Waals surface area contributed by atoms with E-state index in [9.17, 15) is 14.4 Å². The normalized spacial score (nSPS) is 11.6. The molecule has 4 aromatic rings. The molecule has 0 aliphatic carbocycles. The minimum absolute atomic E-state index is 0.115. The average Bonchev–Trinajstić information content (AvgIpc) is 3.24. The molecule has 0 aromatic carbocycles. The van der Waals surface area contributed by atoms with Crippen LogP contribution in [0.2, 0.25) is 0 Å². The van der Waals surface area contributed by atoms with Gasteiger partial charge in [0.2, 0.25) is 0 Å². The van der Waals surface area contributed by atoms with Gasteiger partial charge in [0, 0.05) is 27.2 Å². The molecule has 0 fully saturated rings. The second-order valence-electron chi connectivity index (χ2n) is 5.70. The molecule has 4 aromatic heterocycles. The third-order valence-corrected chi connectivity index (χ3v) is 5.07. The molecule has 0 bridgehead atoms. The van der Waals surface area contributed by atoms with E-state index in [0.29, 0.717) is 34.5 Å². The van der Waals surface area contributed by atoms with Gasteiger partial charge in [-0.2, -0.15) is 0 Å². The second-order valence-corrected chi connectivity index (χ2v) is 6.59. The van der Waals surface area contributed by atoms with Gasteiger partial charge in [-0.25, -0.2) is 14.8 Å². The van der Waals surface area contributed by atoms with Crippen LogP contribution in [0.1, 0.15) is 0 Å². The molecule has 10 heteroatoms. The van der Waals surface area contributed by atoms with Gasteiger partial charge in [0.1, 0.15) is 4.83 Å². The number of imidazole rings is 1. The lowest BCUT2D eigenvalue weighted by molar-refractivity contribution is 0.568. The lowest BCUT2D eigenvalue weighted by atomic mass is 10.4. The Bertz CT molecular complexity index is 1290. The molecule has 0 saturated heterocycles. The summed E-state index contributed by atoms with van der Waals surface area (Å²) in [7, 11) is 3.00. The predicted octanol–water partition coefficient (Wildman–Crippen LogP) is -0.0947. The molecule has 0 aliphatic rings. The Hall–Kier alpha value is -3.01. The molecule has 0 amide bonds. The van der Waals surface area contributed by atoms with Gasteiger partial charge in [-0.1, -0.05) is 0 Å². The molecule has 0 atom stereocenters. The lowest BCUT2D eigenvalue weighted by Gasteiger charge is -2.08. The zero-order valence-electron chi connectivity index (χ0n) is 13.5. The quantitative estimate of drug-likeness (QED) is 0.510. The van der Waals surface area contributed by atoms with E-state index in [0.717, 1.165) is 4.57 Å². The zero-order chi connectivity index (χ0) is 17.7. The number of rotatable bonds is 3. The van der Waals surface area contributed by atoms with Gasteiger partial charge in [0.15, 0.2) is 11.2 Å². The Morgan fingerprint density at radius 2 is 1.68 bits per heavy atom. The molecule has 0 unspecified atom stereocenters. The third kappa shape index (κ3) is 2.25. The molecule has 0 aliphatic heterocycles. The van der Waals surface area contributed by atoms with Gasteiger partial charge >= 0.3 is 5.69 Å². The molecule has 0 N–H and O–H groups in total. The van der Waals surface area contributed by atoms with Crippen LogP contribution in [-0.4, -0.2) is 28.2 Å². The van der Waals surface area contributed by atoms with Crippen molar-refractivity contribution in [2.75, 3.05) is 0 Å². The Morgan fingerprint density at radius 3 is 2.48 bits per heavy atom. The number of aromatic nitrogens is 6. The number of hydrogen-bond donors (Lipinski definition) is 0. The van der Waals surface area contributed by atoms with E-state index in [1.165, 1.54) is 40.2 Å². The predicted molar refractivity (Wildman–Crippen MR) is 94.1 cm³/mol. The van der Waals surface area contributed by atoms with E-state index in [-0.39, 0.29) is 5.56 Å². The van der Waals surface area contributed by atoms with E-state index in [1.54, 1.807) is 17.7 Å². The second kappa shape index (κ2) is 5.52. The minimum atomic E-state index is -0.425. The fraction of sp³-hybridized carbons (Fsp3) is 0.267. The maximum Gasteiger partial charge on any atom is 0.332 e. The summed E-state index contributed by atoms with van der Waals surface area (Å²) in [6.45, 7) is 0.705. The number of aryl methyl sites for hydroxylation is 3. The van der Waals surface area contributed by atoms with Gasteiger partial charge in [0.25, 0.3) is 11.1 Å². The van der Waals surface area contributed by atoms with Crippen molar-refractivity contribution < 1.29 is 0 Å². The highest BCUT2D eigenvalue weighted by Gasteiger charge is 2.14. The van der Waals surface area contributed by atoms with Crippen molar-refractivity contribution in [2.24, 2.45) is 14.1 Å². The molecule has 0 saturated carbocycles. The van der Waals surface area contributed by atoms with Crippen molar-refractivity contribution in [1.29, 1.82) is 0 Å². The smallest absolute Gasteiger partial charge is 0.323 e. The van der Waals surface area contributed by atoms with Crippen molar-refractivity contribution in [3.8, 4) is 0 Å². The van der Waals surface area contributed by atoms with Crippen molar-refractivity contribution in [3.05, 3.63) is 55.3 Å². The first-order chi connectivity index (χ1) is 12.0. The van der Waals surface area contributed by atoms with Crippen molar-refractivity contribution in [3.63, 3.8) is 0 Å². The highest BCUT2D eigenvalue weighted by molar-refractivity contribution is 7.16. The minimum Gasteiger partial charge on any atom is -0.323 e. The van der Waals surface area contributed by atoms with E-state index in [1.807, 2.05) is 5.38 Å². The monoisotopic (exact) mass is 358 g/mol. The van der Waals surface area contributed by atoms with Crippen LogP contribution in [0.3, 0.4) is 0 Å². The Labute approximate surface area is 144 Å². The van der Waals surface area contributed by atoms with E-state index in [4.69, 9.17) is 0 Å². The molecular weight excluding hydrogens is 344 g/mol. The van der Waals surface area contributed by atoms with Crippen molar-refractivity contribution in [1.82, 2.24) is 28.2 Å². The van der Waals surface area contributed by atoms with Crippen LogP contribution < -0.4 is 16.8 Å². The Morgan fingerprint density at radius 1 is 0.960 bits per heavy atom. The van der Waals surface area contributed by atoms with Crippen molar-refractivity contribution in [2.45, 2.75) is 13.1 Å². The van der Waals surface area contributed by atoms with Gasteiger partial charge in [-0.3, -0.25) is 23.3 Å². The van der Waals surface area contributed by atoms with Gasteiger partial charge in [0.05, 0.1) is 18.0 Å². The van der Waals surface area contributed by atoms with Gasteiger partial charge in [-0.05, 0) is 11.4 Å². The maximum atomic E-state index is 12.4. The molecule has 9 nitrogen and oxygen atoms in total. The fourth-order valence-corrected chi connectivity index (χ4v) is 3.56. The molecular formula is C15H14N6O3S. The average molecular weight is 358 g/mol. The molecule has 0 spiro atoms. The number of nitrogens with zero attached hydrogens (tertiary/aromatic N) is 6. The Kier molecular flexibility index (Phi) is 3.42. The van der Waals surface area contributed by atoms with Crippen LogP contribution in [0.4, 0.5) is 0 Å². The van der Waals surface area contributed by atoms with Crippen LogP contribution in [0.5, 0.6) is 0 Å². The standard InChI is InChI=1S/C15H14N6O3S/c1-18-11-10(14(23)19(2)15(18)24)20(7-16-11)4-5-21-8-17-12-9(13(21)22)3-6-25-12/h3,6-8H,4-5H2,1-2H3. The first-order valence-corrected chi connectivity index (χ1v) is 8.40. The van der Waals surface area contributed by atoms with Gasteiger partial charge in [-0.15, -0.1) is 11.3 Å². The van der Waals surface area contributed by atoms with Crippen molar-refractivity contribution >= 4 is 32.7 Å². The fourth-order valence-electron chi connectivity index (χ4n) is 2.83. The van der Waals surface area contributed by atoms with Gasteiger partial charge < -0.3 is 4.57 Å². The third-order valence-electron chi connectivity index (χ3n) is 4.25. The summed E-state index contributed by atoms with van der Waals surface area (Å²) in [6.07, 6.45) is 3.02. The number of hydrogen-bond acceptors (Lipinski definition) is 6. The highest BCUT2D eigenvalue weighted by Crippen LogP contribution is 2.13. The lowest BCUT2D eigenvalue weighted by Crippen LogP contribution is -2.37. The summed E-state index contributed by atoms with van der Waals surface area (Å²) in [5.41, 5.74) is -0.287. The summed E-state index contributed by atoms with van der Waals surface area (Å²) in [5.74, 6) is 0. The first-order valence-electron chi connectivity index (χ1n) is 7.52. The molecule has 4 heterocycles. The highest BCUT2D eigenvalue weighted by atomic mass is 32.1. The zero-order valence-corrected chi connectivity index (χ0v) is 14.4. The van der Waals surface area contributed by atoms with Crippen LogP contribution >= 0.6 is 11.3 Å². The van der Waals surface area contributed by atoms with E-state index >= 15 is 0 Å². The first kappa shape index (κ1) is 15.5.